The fourth-order valence-corrected chi connectivity index (χ4v) is 2.98. The summed E-state index contributed by atoms with van der Waals surface area (Å²) in [6.45, 7) is 8.90. The largest absolute Gasteiger partial charge is 0.316 e. The van der Waals surface area contributed by atoms with Gasteiger partial charge in [-0.05, 0) is 47.9 Å². The summed E-state index contributed by atoms with van der Waals surface area (Å²) in [4.78, 5) is 0. The molecule has 17 heavy (non-hydrogen) atoms. The minimum absolute atomic E-state index is 0.124. The van der Waals surface area contributed by atoms with Gasteiger partial charge in [0.1, 0.15) is 5.82 Å². The molecule has 1 aromatic rings. The lowest BCUT2D eigenvalue weighted by Gasteiger charge is -2.41. The second kappa shape index (κ2) is 4.77. The van der Waals surface area contributed by atoms with Gasteiger partial charge in [-0.25, -0.2) is 4.39 Å². The van der Waals surface area contributed by atoms with Gasteiger partial charge in [-0.3, -0.25) is 0 Å². The highest BCUT2D eigenvalue weighted by molar-refractivity contribution is 5.23. The zero-order chi connectivity index (χ0) is 12.5. The molecule has 0 bridgehead atoms. The van der Waals surface area contributed by atoms with Crippen LogP contribution in [0.5, 0.6) is 0 Å². The van der Waals surface area contributed by atoms with Crippen LogP contribution in [0.1, 0.15) is 38.7 Å². The third kappa shape index (κ3) is 2.86. The first kappa shape index (κ1) is 12.6. The maximum atomic E-state index is 13.3. The molecular formula is C15H22FN. The molecule has 1 aromatic carbocycles. The Hall–Kier alpha value is -0.890. The first-order valence-electron chi connectivity index (χ1n) is 6.44. The maximum absolute atomic E-state index is 13.3. The molecule has 0 aliphatic carbocycles. The van der Waals surface area contributed by atoms with Gasteiger partial charge in [0.25, 0.3) is 0 Å². The van der Waals surface area contributed by atoms with Gasteiger partial charge in [-0.2, -0.15) is 0 Å². The van der Waals surface area contributed by atoms with Gasteiger partial charge in [0.2, 0.25) is 0 Å². The van der Waals surface area contributed by atoms with Crippen LogP contribution < -0.4 is 5.32 Å². The van der Waals surface area contributed by atoms with Crippen LogP contribution in [0.4, 0.5) is 4.39 Å². The molecule has 0 radical (unpaired) electrons. The molecule has 0 aromatic heterocycles. The van der Waals surface area contributed by atoms with Crippen molar-refractivity contribution in [2.45, 2.75) is 33.1 Å². The Kier molecular flexibility index (Phi) is 3.53. The van der Waals surface area contributed by atoms with Crippen molar-refractivity contribution in [1.82, 2.24) is 5.32 Å². The average molecular weight is 235 g/mol. The second-order valence-electron chi connectivity index (χ2n) is 6.13. The monoisotopic (exact) mass is 235 g/mol. The predicted molar refractivity (Wildman–Crippen MR) is 69.6 cm³/mol. The molecular weight excluding hydrogens is 213 g/mol. The second-order valence-corrected chi connectivity index (χ2v) is 6.13. The highest BCUT2D eigenvalue weighted by Crippen LogP contribution is 2.41. The molecule has 2 atom stereocenters. The highest BCUT2D eigenvalue weighted by Gasteiger charge is 2.34. The van der Waals surface area contributed by atoms with Crippen molar-refractivity contribution in [3.05, 3.63) is 35.6 Å². The van der Waals surface area contributed by atoms with Crippen LogP contribution in [0.3, 0.4) is 0 Å². The Morgan fingerprint density at radius 2 is 2.06 bits per heavy atom. The summed E-state index contributed by atoms with van der Waals surface area (Å²) in [6, 6.07) is 7.08. The quantitative estimate of drug-likeness (QED) is 0.784. The van der Waals surface area contributed by atoms with Crippen LogP contribution >= 0.6 is 0 Å². The summed E-state index contributed by atoms with van der Waals surface area (Å²) in [6.07, 6.45) is 1.17. The maximum Gasteiger partial charge on any atom is 0.123 e. The van der Waals surface area contributed by atoms with Crippen molar-refractivity contribution in [2.24, 2.45) is 11.3 Å². The molecule has 1 N–H and O–H groups in total. The summed E-state index contributed by atoms with van der Waals surface area (Å²) in [5, 5.41) is 3.43. The van der Waals surface area contributed by atoms with Gasteiger partial charge in [-0.15, -0.1) is 0 Å². The molecule has 1 aliphatic rings. The molecule has 0 saturated carbocycles. The number of hydrogen-bond acceptors (Lipinski definition) is 1. The molecule has 1 nitrogen and oxygen atoms in total. The zero-order valence-electron chi connectivity index (χ0n) is 11.0. The van der Waals surface area contributed by atoms with Gasteiger partial charge in [0.15, 0.2) is 0 Å². The molecule has 2 heteroatoms. The highest BCUT2D eigenvalue weighted by atomic mass is 19.1. The lowest BCUT2D eigenvalue weighted by Crippen LogP contribution is -2.40. The molecule has 1 saturated heterocycles. The SMILES string of the molecule is CC(C)(C)C1CCNCC1c1cccc(F)c1. The Balaban J connectivity index is 2.28. The fraction of sp³-hybridized carbons (Fsp3) is 0.600. The Bertz CT molecular complexity index is 381. The zero-order valence-corrected chi connectivity index (χ0v) is 11.0. The summed E-state index contributed by atoms with van der Waals surface area (Å²) in [5.41, 5.74) is 1.41. The lowest BCUT2D eigenvalue weighted by atomic mass is 9.68. The lowest BCUT2D eigenvalue weighted by molar-refractivity contribution is 0.160. The predicted octanol–water partition coefficient (Wildman–Crippen LogP) is 3.56. The molecule has 0 spiro atoms. The van der Waals surface area contributed by atoms with Gasteiger partial charge in [0.05, 0.1) is 0 Å². The van der Waals surface area contributed by atoms with E-state index in [1.807, 2.05) is 6.07 Å². The molecule has 1 fully saturated rings. The first-order chi connectivity index (χ1) is 7.98. The van der Waals surface area contributed by atoms with E-state index in [9.17, 15) is 4.39 Å². The fourth-order valence-electron chi connectivity index (χ4n) is 2.98. The summed E-state index contributed by atoms with van der Waals surface area (Å²) < 4.78 is 13.3. The third-order valence-corrected chi connectivity index (χ3v) is 3.87. The normalized spacial score (nSPS) is 25.9. The molecule has 94 valence electrons. The van der Waals surface area contributed by atoms with E-state index in [2.05, 4.69) is 32.2 Å². The topological polar surface area (TPSA) is 12.0 Å². The van der Waals surface area contributed by atoms with Crippen LogP contribution in [0.2, 0.25) is 0 Å². The van der Waals surface area contributed by atoms with Crippen molar-refractivity contribution >= 4 is 0 Å². The number of piperidine rings is 1. The Morgan fingerprint density at radius 3 is 2.71 bits per heavy atom. The van der Waals surface area contributed by atoms with E-state index >= 15 is 0 Å². The smallest absolute Gasteiger partial charge is 0.123 e. The van der Waals surface area contributed by atoms with Crippen molar-refractivity contribution in [3.8, 4) is 0 Å². The average Bonchev–Trinajstić information content (AvgIpc) is 2.28. The Morgan fingerprint density at radius 1 is 1.29 bits per heavy atom. The van der Waals surface area contributed by atoms with Crippen molar-refractivity contribution in [2.75, 3.05) is 13.1 Å². The van der Waals surface area contributed by atoms with E-state index in [1.165, 1.54) is 12.5 Å². The van der Waals surface area contributed by atoms with Crippen molar-refractivity contribution < 1.29 is 4.39 Å². The van der Waals surface area contributed by atoms with E-state index in [0.29, 0.717) is 11.8 Å². The first-order valence-corrected chi connectivity index (χ1v) is 6.44. The number of benzene rings is 1. The third-order valence-electron chi connectivity index (χ3n) is 3.87. The minimum atomic E-state index is -0.124. The van der Waals surface area contributed by atoms with Crippen molar-refractivity contribution in [1.29, 1.82) is 0 Å². The van der Waals surface area contributed by atoms with Gasteiger partial charge < -0.3 is 5.32 Å². The van der Waals surface area contributed by atoms with Crippen LogP contribution in [0.15, 0.2) is 24.3 Å². The molecule has 0 amide bonds. The van der Waals surface area contributed by atoms with Crippen LogP contribution in [0, 0.1) is 17.2 Å². The molecule has 2 unspecified atom stereocenters. The van der Waals surface area contributed by atoms with Gasteiger partial charge >= 0.3 is 0 Å². The van der Waals surface area contributed by atoms with E-state index < -0.39 is 0 Å². The van der Waals surface area contributed by atoms with E-state index in [4.69, 9.17) is 0 Å². The van der Waals surface area contributed by atoms with E-state index in [-0.39, 0.29) is 11.2 Å². The number of rotatable bonds is 1. The summed E-state index contributed by atoms with van der Waals surface area (Å²) >= 11 is 0. The minimum Gasteiger partial charge on any atom is -0.316 e. The standard InChI is InChI=1S/C15H22FN/c1-15(2,3)14-7-8-17-10-13(14)11-5-4-6-12(16)9-11/h4-6,9,13-14,17H,7-8,10H2,1-3H3. The molecule has 1 heterocycles. The van der Waals surface area contributed by atoms with Crippen LogP contribution in [-0.4, -0.2) is 13.1 Å². The van der Waals surface area contributed by atoms with Crippen LogP contribution in [-0.2, 0) is 0 Å². The number of nitrogens with one attached hydrogen (secondary N) is 1. The molecule has 2 rings (SSSR count). The summed E-state index contributed by atoms with van der Waals surface area (Å²) in [5.74, 6) is 0.922. The van der Waals surface area contributed by atoms with E-state index in [0.717, 1.165) is 18.7 Å². The summed E-state index contributed by atoms with van der Waals surface area (Å²) in [7, 11) is 0. The van der Waals surface area contributed by atoms with Gasteiger partial charge in [0, 0.05) is 6.54 Å². The molecule has 1 aliphatic heterocycles. The van der Waals surface area contributed by atoms with Crippen LogP contribution in [0.25, 0.3) is 0 Å². The van der Waals surface area contributed by atoms with Crippen molar-refractivity contribution in [3.63, 3.8) is 0 Å². The number of hydrogen-bond donors (Lipinski definition) is 1. The Labute approximate surface area is 103 Å². The van der Waals surface area contributed by atoms with Gasteiger partial charge in [-0.1, -0.05) is 32.9 Å². The van der Waals surface area contributed by atoms with E-state index in [1.54, 1.807) is 6.07 Å². The number of halogens is 1.